The Morgan fingerprint density at radius 2 is 1.93 bits per heavy atom. The number of ether oxygens (including phenoxy) is 2. The predicted molar refractivity (Wildman–Crippen MR) is 121 cm³/mol. The molecule has 0 bridgehead atoms. The van der Waals surface area contributed by atoms with Gasteiger partial charge in [0.1, 0.15) is 11.5 Å². The minimum absolute atomic E-state index is 0.0940. The second kappa shape index (κ2) is 10.4. The first-order valence-corrected chi connectivity index (χ1v) is 11.5. The third kappa shape index (κ3) is 5.70. The Morgan fingerprint density at radius 3 is 2.70 bits per heavy atom. The number of hydrogen-bond acceptors (Lipinski definition) is 7. The fourth-order valence-electron chi connectivity index (χ4n) is 2.77. The van der Waals surface area contributed by atoms with Gasteiger partial charge < -0.3 is 19.4 Å². The van der Waals surface area contributed by atoms with Crippen molar-refractivity contribution in [2.24, 2.45) is 7.05 Å². The third-order valence-corrected chi connectivity index (χ3v) is 6.02. The van der Waals surface area contributed by atoms with E-state index in [0.29, 0.717) is 16.7 Å². The molecule has 2 aromatic carbocycles. The number of hydrogen-bond donors (Lipinski definition) is 1. The van der Waals surface area contributed by atoms with Gasteiger partial charge in [0.25, 0.3) is 0 Å². The highest BCUT2D eigenvalue weighted by molar-refractivity contribution is 7.99. The normalized spacial score (nSPS) is 11.7. The van der Waals surface area contributed by atoms with Crippen molar-refractivity contribution >= 4 is 35.1 Å². The molecule has 0 aliphatic carbocycles. The summed E-state index contributed by atoms with van der Waals surface area (Å²) in [5.74, 6) is 2.23. The van der Waals surface area contributed by atoms with E-state index in [4.69, 9.17) is 9.47 Å². The van der Waals surface area contributed by atoms with Crippen molar-refractivity contribution in [3.8, 4) is 11.5 Å². The lowest BCUT2D eigenvalue weighted by Gasteiger charge is -2.14. The molecule has 0 saturated heterocycles. The Labute approximate surface area is 184 Å². The van der Waals surface area contributed by atoms with Crippen molar-refractivity contribution in [2.75, 3.05) is 24.4 Å². The van der Waals surface area contributed by atoms with E-state index in [1.54, 1.807) is 18.9 Å². The molecule has 1 unspecified atom stereocenters. The van der Waals surface area contributed by atoms with E-state index in [-0.39, 0.29) is 17.8 Å². The number of carbonyl (C=O) groups excluding carboxylic acids is 1. The van der Waals surface area contributed by atoms with Gasteiger partial charge in [-0.3, -0.25) is 4.79 Å². The van der Waals surface area contributed by atoms with E-state index in [1.165, 1.54) is 11.8 Å². The van der Waals surface area contributed by atoms with Gasteiger partial charge in [-0.1, -0.05) is 23.9 Å². The Hall–Kier alpha value is -2.65. The minimum atomic E-state index is -0.313. The van der Waals surface area contributed by atoms with E-state index >= 15 is 0 Å². The number of aromatic nitrogens is 3. The smallest absolute Gasteiger partial charge is 0.234 e. The Balaban J connectivity index is 1.58. The van der Waals surface area contributed by atoms with Crippen molar-refractivity contribution in [1.29, 1.82) is 0 Å². The Morgan fingerprint density at radius 1 is 1.17 bits per heavy atom. The molecule has 7 nitrogen and oxygen atoms in total. The number of methoxy groups -OCH3 is 1. The standard InChI is InChI=1S/C21H24N4O3S2/c1-14(28-17-9-6-8-16(12-17)27-3)20-23-24-21(25(20)2)30-13-19(26)22-15-7-5-10-18(11-15)29-4/h5-12,14H,13H2,1-4H3,(H,22,26). The highest BCUT2D eigenvalue weighted by Crippen LogP contribution is 2.26. The van der Waals surface area contributed by atoms with Gasteiger partial charge >= 0.3 is 0 Å². The Bertz CT molecular complexity index is 1010. The van der Waals surface area contributed by atoms with Crippen LogP contribution in [0.25, 0.3) is 0 Å². The largest absolute Gasteiger partial charge is 0.497 e. The van der Waals surface area contributed by atoms with Crippen molar-refractivity contribution in [2.45, 2.75) is 23.1 Å². The SMILES string of the molecule is COc1cccc(OC(C)c2nnc(SCC(=O)Nc3cccc(SC)c3)n2C)c1. The van der Waals surface area contributed by atoms with Crippen LogP contribution in [0.5, 0.6) is 11.5 Å². The summed E-state index contributed by atoms with van der Waals surface area (Å²) >= 11 is 2.96. The Kier molecular flexibility index (Phi) is 7.64. The summed E-state index contributed by atoms with van der Waals surface area (Å²) in [7, 11) is 3.48. The highest BCUT2D eigenvalue weighted by atomic mass is 32.2. The zero-order chi connectivity index (χ0) is 21.5. The molecular weight excluding hydrogens is 420 g/mol. The topological polar surface area (TPSA) is 78.3 Å². The van der Waals surface area contributed by atoms with Crippen molar-refractivity contribution in [1.82, 2.24) is 14.8 Å². The van der Waals surface area contributed by atoms with Crippen LogP contribution >= 0.6 is 23.5 Å². The predicted octanol–water partition coefficient (Wildman–Crippen LogP) is 4.42. The molecular formula is C21H24N4O3S2. The second-order valence-corrected chi connectivity index (χ2v) is 8.23. The first-order chi connectivity index (χ1) is 14.5. The van der Waals surface area contributed by atoms with Gasteiger partial charge in [0.05, 0.1) is 12.9 Å². The molecule has 3 aromatic rings. The van der Waals surface area contributed by atoms with Gasteiger partial charge in [0, 0.05) is 23.7 Å². The molecule has 1 atom stereocenters. The van der Waals surface area contributed by atoms with Gasteiger partial charge in [0.2, 0.25) is 5.91 Å². The van der Waals surface area contributed by atoms with Crippen LogP contribution in [0.4, 0.5) is 5.69 Å². The van der Waals surface area contributed by atoms with Gasteiger partial charge in [-0.2, -0.15) is 0 Å². The van der Waals surface area contributed by atoms with Crippen molar-refractivity contribution in [3.05, 3.63) is 54.4 Å². The van der Waals surface area contributed by atoms with Gasteiger partial charge in [-0.25, -0.2) is 0 Å². The van der Waals surface area contributed by atoms with E-state index in [1.807, 2.05) is 73.3 Å². The molecule has 30 heavy (non-hydrogen) atoms. The lowest BCUT2D eigenvalue weighted by Crippen LogP contribution is -2.15. The molecule has 1 heterocycles. The van der Waals surface area contributed by atoms with E-state index in [0.717, 1.165) is 16.3 Å². The van der Waals surface area contributed by atoms with E-state index in [2.05, 4.69) is 15.5 Å². The third-order valence-electron chi connectivity index (χ3n) is 4.27. The zero-order valence-electron chi connectivity index (χ0n) is 17.3. The monoisotopic (exact) mass is 444 g/mol. The lowest BCUT2D eigenvalue weighted by molar-refractivity contribution is -0.113. The quantitative estimate of drug-likeness (QED) is 0.490. The fraction of sp³-hybridized carbons (Fsp3) is 0.286. The summed E-state index contributed by atoms with van der Waals surface area (Å²) in [6.07, 6.45) is 1.69. The summed E-state index contributed by atoms with van der Waals surface area (Å²) < 4.78 is 13.0. The average Bonchev–Trinajstić information content (AvgIpc) is 3.13. The molecule has 0 aliphatic rings. The van der Waals surface area contributed by atoms with Gasteiger partial charge in [-0.05, 0) is 43.5 Å². The van der Waals surface area contributed by atoms with E-state index < -0.39 is 0 Å². The number of nitrogens with zero attached hydrogens (tertiary/aromatic N) is 3. The number of benzene rings is 2. The molecule has 0 radical (unpaired) electrons. The molecule has 1 amide bonds. The maximum absolute atomic E-state index is 12.3. The number of nitrogens with one attached hydrogen (secondary N) is 1. The van der Waals surface area contributed by atoms with Crippen molar-refractivity contribution in [3.63, 3.8) is 0 Å². The molecule has 9 heteroatoms. The molecule has 0 spiro atoms. The first kappa shape index (κ1) is 22.0. The molecule has 158 valence electrons. The van der Waals surface area contributed by atoms with Crippen LogP contribution in [0.3, 0.4) is 0 Å². The van der Waals surface area contributed by atoms with Crippen LogP contribution in [-0.4, -0.2) is 39.8 Å². The molecule has 0 saturated carbocycles. The van der Waals surface area contributed by atoms with Crippen LogP contribution < -0.4 is 14.8 Å². The van der Waals surface area contributed by atoms with Crippen LogP contribution in [0.2, 0.25) is 0 Å². The first-order valence-electron chi connectivity index (χ1n) is 9.27. The number of thioether (sulfide) groups is 2. The van der Waals surface area contributed by atoms with Crippen LogP contribution in [0.1, 0.15) is 18.9 Å². The van der Waals surface area contributed by atoms with Gasteiger partial charge in [0.15, 0.2) is 17.1 Å². The summed E-state index contributed by atoms with van der Waals surface area (Å²) in [6.45, 7) is 1.91. The minimum Gasteiger partial charge on any atom is -0.497 e. The summed E-state index contributed by atoms with van der Waals surface area (Å²) in [5.41, 5.74) is 0.784. The molecule has 1 aromatic heterocycles. The van der Waals surface area contributed by atoms with Gasteiger partial charge in [-0.15, -0.1) is 22.0 Å². The second-order valence-electron chi connectivity index (χ2n) is 6.41. The van der Waals surface area contributed by atoms with Crippen molar-refractivity contribution < 1.29 is 14.3 Å². The number of anilines is 1. The van der Waals surface area contributed by atoms with Crippen LogP contribution in [0, 0.1) is 0 Å². The maximum atomic E-state index is 12.3. The van der Waals surface area contributed by atoms with E-state index in [9.17, 15) is 4.79 Å². The maximum Gasteiger partial charge on any atom is 0.234 e. The fourth-order valence-corrected chi connectivity index (χ4v) is 3.94. The number of rotatable bonds is 9. The number of amides is 1. The highest BCUT2D eigenvalue weighted by Gasteiger charge is 2.18. The number of carbonyl (C=O) groups is 1. The van der Waals surface area contributed by atoms with Crippen LogP contribution in [-0.2, 0) is 11.8 Å². The summed E-state index contributed by atoms with van der Waals surface area (Å²) in [6, 6.07) is 15.2. The molecule has 1 N–H and O–H groups in total. The zero-order valence-corrected chi connectivity index (χ0v) is 18.9. The summed E-state index contributed by atoms with van der Waals surface area (Å²) in [5, 5.41) is 12.0. The average molecular weight is 445 g/mol. The van der Waals surface area contributed by atoms with Crippen LogP contribution in [0.15, 0.2) is 58.6 Å². The summed E-state index contributed by atoms with van der Waals surface area (Å²) in [4.78, 5) is 13.4. The molecule has 0 fully saturated rings. The molecule has 3 rings (SSSR count). The molecule has 0 aliphatic heterocycles. The lowest BCUT2D eigenvalue weighted by atomic mass is 10.3.